The van der Waals surface area contributed by atoms with Gasteiger partial charge in [0, 0.05) is 4.88 Å². The molecule has 0 amide bonds. The van der Waals surface area contributed by atoms with Crippen LogP contribution >= 0.6 is 11.3 Å². The first-order chi connectivity index (χ1) is 10.6. The second-order valence-electron chi connectivity index (χ2n) is 4.49. The van der Waals surface area contributed by atoms with Crippen molar-refractivity contribution >= 4 is 27.4 Å². The number of hydrogen-bond acceptors (Lipinski definition) is 5. The molecule has 0 aliphatic carbocycles. The van der Waals surface area contributed by atoms with Crippen LogP contribution in [0.1, 0.15) is 17.4 Å². The van der Waals surface area contributed by atoms with Crippen LogP contribution in [0.25, 0.3) is 20.5 Å². The van der Waals surface area contributed by atoms with Gasteiger partial charge in [-0.25, -0.2) is 14.3 Å². The van der Waals surface area contributed by atoms with Gasteiger partial charge in [0.1, 0.15) is 5.82 Å². The lowest BCUT2D eigenvalue weighted by molar-refractivity contribution is 0.0521. The zero-order chi connectivity index (χ0) is 15.7. The Hall–Kier alpha value is -2.54. The Balaban J connectivity index is 2.20. The topological polar surface area (TPSA) is 72.0 Å². The molecular formula is C15H11FN2O3S. The fourth-order valence-corrected chi connectivity index (χ4v) is 3.20. The van der Waals surface area contributed by atoms with E-state index < -0.39 is 11.5 Å². The summed E-state index contributed by atoms with van der Waals surface area (Å²) in [6, 6.07) is 7.66. The van der Waals surface area contributed by atoms with Crippen molar-refractivity contribution in [2.45, 2.75) is 6.92 Å². The maximum Gasteiger partial charge on any atom is 0.360 e. The molecule has 0 radical (unpaired) electrons. The van der Waals surface area contributed by atoms with Crippen LogP contribution in [0.4, 0.5) is 4.39 Å². The van der Waals surface area contributed by atoms with Crippen molar-refractivity contribution < 1.29 is 13.9 Å². The molecule has 0 saturated carbocycles. The first-order valence-electron chi connectivity index (χ1n) is 6.55. The van der Waals surface area contributed by atoms with Crippen LogP contribution in [-0.4, -0.2) is 22.8 Å². The van der Waals surface area contributed by atoms with Gasteiger partial charge in [0.05, 0.1) is 16.7 Å². The first kappa shape index (κ1) is 14.4. The van der Waals surface area contributed by atoms with Crippen LogP contribution in [0.15, 0.2) is 35.1 Å². The number of aromatic amines is 1. The van der Waals surface area contributed by atoms with E-state index in [1.54, 1.807) is 25.1 Å². The SMILES string of the molecule is CCOC(=O)c1n[nH]c(=O)c2cc(-c3cccc(F)c3)sc12. The number of nitrogens with zero attached hydrogens (tertiary/aromatic N) is 1. The van der Waals surface area contributed by atoms with Gasteiger partial charge in [0.15, 0.2) is 5.69 Å². The highest BCUT2D eigenvalue weighted by Crippen LogP contribution is 2.33. The van der Waals surface area contributed by atoms with Gasteiger partial charge in [0.2, 0.25) is 0 Å². The van der Waals surface area contributed by atoms with E-state index in [1.807, 2.05) is 0 Å². The van der Waals surface area contributed by atoms with Gasteiger partial charge in [-0.05, 0) is 30.7 Å². The number of benzene rings is 1. The molecule has 3 aromatic rings. The van der Waals surface area contributed by atoms with Gasteiger partial charge in [-0.1, -0.05) is 12.1 Å². The summed E-state index contributed by atoms with van der Waals surface area (Å²) >= 11 is 1.20. The van der Waals surface area contributed by atoms with Crippen molar-refractivity contribution in [2.24, 2.45) is 0 Å². The number of thiophene rings is 1. The van der Waals surface area contributed by atoms with E-state index in [9.17, 15) is 14.0 Å². The lowest BCUT2D eigenvalue weighted by Crippen LogP contribution is -2.14. The predicted molar refractivity (Wildman–Crippen MR) is 81.6 cm³/mol. The maximum absolute atomic E-state index is 13.3. The molecule has 0 bridgehead atoms. The Labute approximate surface area is 128 Å². The highest BCUT2D eigenvalue weighted by molar-refractivity contribution is 7.22. The Morgan fingerprint density at radius 1 is 1.41 bits per heavy atom. The number of aromatic nitrogens is 2. The van der Waals surface area contributed by atoms with Crippen LogP contribution < -0.4 is 5.56 Å². The van der Waals surface area contributed by atoms with Gasteiger partial charge in [-0.2, -0.15) is 5.10 Å². The minimum Gasteiger partial charge on any atom is -0.461 e. The van der Waals surface area contributed by atoms with Crippen molar-refractivity contribution in [1.82, 2.24) is 10.2 Å². The largest absolute Gasteiger partial charge is 0.461 e. The molecule has 0 aliphatic rings. The summed E-state index contributed by atoms with van der Waals surface area (Å²) in [5.74, 6) is -0.969. The Bertz CT molecular complexity index is 917. The van der Waals surface area contributed by atoms with Crippen LogP contribution in [0.5, 0.6) is 0 Å². The fourth-order valence-electron chi connectivity index (χ4n) is 2.08. The number of halogens is 1. The van der Waals surface area contributed by atoms with Crippen LogP contribution in [0.3, 0.4) is 0 Å². The molecule has 0 aliphatic heterocycles. The number of carbonyl (C=O) groups excluding carboxylic acids is 1. The molecule has 2 heterocycles. The molecule has 22 heavy (non-hydrogen) atoms. The molecule has 3 rings (SSSR count). The van der Waals surface area contributed by atoms with Crippen molar-refractivity contribution in [3.63, 3.8) is 0 Å². The summed E-state index contributed by atoms with van der Waals surface area (Å²) in [7, 11) is 0. The summed E-state index contributed by atoms with van der Waals surface area (Å²) in [4.78, 5) is 24.5. The zero-order valence-corrected chi connectivity index (χ0v) is 12.4. The molecule has 0 unspecified atom stereocenters. The van der Waals surface area contributed by atoms with E-state index in [0.29, 0.717) is 20.5 Å². The van der Waals surface area contributed by atoms with Crippen molar-refractivity contribution in [2.75, 3.05) is 6.61 Å². The van der Waals surface area contributed by atoms with E-state index in [4.69, 9.17) is 4.74 Å². The molecule has 7 heteroatoms. The third-order valence-electron chi connectivity index (χ3n) is 3.04. The molecule has 0 atom stereocenters. The summed E-state index contributed by atoms with van der Waals surface area (Å²) < 4.78 is 18.7. The van der Waals surface area contributed by atoms with E-state index in [2.05, 4.69) is 10.2 Å². The zero-order valence-electron chi connectivity index (χ0n) is 11.6. The maximum atomic E-state index is 13.3. The number of esters is 1. The van der Waals surface area contributed by atoms with E-state index in [0.717, 1.165) is 0 Å². The van der Waals surface area contributed by atoms with Gasteiger partial charge in [-0.15, -0.1) is 11.3 Å². The van der Waals surface area contributed by atoms with Crippen LogP contribution in [0.2, 0.25) is 0 Å². The normalized spacial score (nSPS) is 10.8. The average Bonchev–Trinajstić information content (AvgIpc) is 2.94. The highest BCUT2D eigenvalue weighted by atomic mass is 32.1. The number of fused-ring (bicyclic) bond motifs is 1. The molecule has 112 valence electrons. The molecule has 1 aromatic carbocycles. The molecule has 0 saturated heterocycles. The predicted octanol–water partition coefficient (Wildman–Crippen LogP) is 2.97. The van der Waals surface area contributed by atoms with Crippen molar-refractivity contribution in [1.29, 1.82) is 0 Å². The second kappa shape index (κ2) is 5.69. The van der Waals surface area contributed by atoms with Gasteiger partial charge >= 0.3 is 5.97 Å². The second-order valence-corrected chi connectivity index (χ2v) is 5.54. The van der Waals surface area contributed by atoms with Gasteiger partial charge in [0.25, 0.3) is 5.56 Å². The highest BCUT2D eigenvalue weighted by Gasteiger charge is 2.18. The summed E-state index contributed by atoms with van der Waals surface area (Å²) in [6.45, 7) is 1.90. The number of carbonyl (C=O) groups is 1. The molecule has 0 spiro atoms. The van der Waals surface area contributed by atoms with E-state index in [-0.39, 0.29) is 18.1 Å². The Kier molecular flexibility index (Phi) is 3.72. The standard InChI is InChI=1S/C15H11FN2O3S/c1-2-21-15(20)12-13-10(14(19)18-17-12)7-11(22-13)8-4-3-5-9(16)6-8/h3-7H,2H2,1H3,(H,18,19). The van der Waals surface area contributed by atoms with E-state index in [1.165, 1.54) is 23.5 Å². The lowest BCUT2D eigenvalue weighted by atomic mass is 10.1. The summed E-state index contributed by atoms with van der Waals surface area (Å²) in [6.07, 6.45) is 0. The number of nitrogens with one attached hydrogen (secondary N) is 1. The number of rotatable bonds is 3. The number of ether oxygens (including phenoxy) is 1. The van der Waals surface area contributed by atoms with Crippen LogP contribution in [-0.2, 0) is 4.74 Å². The smallest absolute Gasteiger partial charge is 0.360 e. The summed E-state index contributed by atoms with van der Waals surface area (Å²) in [5, 5.41) is 6.39. The third-order valence-corrected chi connectivity index (χ3v) is 4.23. The quantitative estimate of drug-likeness (QED) is 0.754. The average molecular weight is 318 g/mol. The van der Waals surface area contributed by atoms with Gasteiger partial charge < -0.3 is 4.74 Å². The molecule has 1 N–H and O–H groups in total. The molecular weight excluding hydrogens is 307 g/mol. The molecule has 0 fully saturated rings. The number of H-pyrrole nitrogens is 1. The molecule has 2 aromatic heterocycles. The Morgan fingerprint density at radius 3 is 2.95 bits per heavy atom. The fraction of sp³-hybridized carbons (Fsp3) is 0.133. The monoisotopic (exact) mass is 318 g/mol. The minimum atomic E-state index is -0.601. The van der Waals surface area contributed by atoms with Crippen LogP contribution in [0, 0.1) is 5.82 Å². The third kappa shape index (κ3) is 2.50. The minimum absolute atomic E-state index is 0.0594. The van der Waals surface area contributed by atoms with Gasteiger partial charge in [-0.3, -0.25) is 4.79 Å². The van der Waals surface area contributed by atoms with Crippen molar-refractivity contribution in [3.8, 4) is 10.4 Å². The van der Waals surface area contributed by atoms with E-state index >= 15 is 0 Å². The number of hydrogen-bond donors (Lipinski definition) is 1. The first-order valence-corrected chi connectivity index (χ1v) is 7.37. The molecule has 5 nitrogen and oxygen atoms in total. The summed E-state index contributed by atoms with van der Waals surface area (Å²) in [5.41, 5.74) is 0.293. The Morgan fingerprint density at radius 2 is 2.23 bits per heavy atom. The van der Waals surface area contributed by atoms with Crippen molar-refractivity contribution in [3.05, 3.63) is 52.2 Å². The lowest BCUT2D eigenvalue weighted by Gasteiger charge is -2.00.